The average molecular weight is 445 g/mol. The summed E-state index contributed by atoms with van der Waals surface area (Å²) in [7, 11) is 0. The summed E-state index contributed by atoms with van der Waals surface area (Å²) in [4.78, 5) is 30.7. The van der Waals surface area contributed by atoms with E-state index in [9.17, 15) is 9.59 Å². The number of hydrogen-bond donors (Lipinski definition) is 0. The van der Waals surface area contributed by atoms with Crippen LogP contribution in [-0.4, -0.2) is 31.0 Å². The van der Waals surface area contributed by atoms with E-state index in [0.29, 0.717) is 30.9 Å². The van der Waals surface area contributed by atoms with Crippen molar-refractivity contribution in [3.8, 4) is 0 Å². The summed E-state index contributed by atoms with van der Waals surface area (Å²) in [5.74, 6) is 0.0782. The predicted molar refractivity (Wildman–Crippen MR) is 130 cm³/mol. The summed E-state index contributed by atoms with van der Waals surface area (Å²) < 4.78 is 10.1. The van der Waals surface area contributed by atoms with E-state index in [2.05, 4.69) is 17.0 Å². The number of benzene rings is 3. The minimum absolute atomic E-state index is 0.335. The van der Waals surface area contributed by atoms with Crippen molar-refractivity contribution < 1.29 is 19.1 Å². The molecule has 0 atom stereocenters. The second kappa shape index (κ2) is 11.6. The number of carbonyl (C=O) groups is 2. The fraction of sp³-hybridized carbons (Fsp3) is 0.222. The monoisotopic (exact) mass is 444 g/mol. The molecule has 0 aromatic heterocycles. The Balaban J connectivity index is 1.88. The molecule has 0 unspecified atom stereocenters. The maximum atomic E-state index is 12.0. The van der Waals surface area contributed by atoms with Crippen LogP contribution in [0.4, 0.5) is 11.4 Å². The first-order chi connectivity index (χ1) is 16.0. The minimum Gasteiger partial charge on any atom is -0.462 e. The summed E-state index contributed by atoms with van der Waals surface area (Å²) in [5.41, 5.74) is 3.74. The molecule has 0 radical (unpaired) electrons. The minimum atomic E-state index is -0.350. The molecular formula is C27H28N2O4. The molecule has 0 spiro atoms. The smallest absolute Gasteiger partial charge is 0.338 e. The fourth-order valence-electron chi connectivity index (χ4n) is 3.28. The zero-order valence-corrected chi connectivity index (χ0v) is 19.2. The first-order valence-corrected chi connectivity index (χ1v) is 10.9. The molecule has 3 aromatic rings. The second-order valence-corrected chi connectivity index (χ2v) is 7.27. The van der Waals surface area contributed by atoms with Gasteiger partial charge in [-0.1, -0.05) is 30.3 Å². The second-order valence-electron chi connectivity index (χ2n) is 7.27. The molecule has 0 bridgehead atoms. The zero-order chi connectivity index (χ0) is 23.6. The van der Waals surface area contributed by atoms with Crippen LogP contribution in [0.25, 0.3) is 0 Å². The normalized spacial score (nSPS) is 11.1. The highest BCUT2D eigenvalue weighted by molar-refractivity contribution is 5.98. The number of amidine groups is 1. The third kappa shape index (κ3) is 6.53. The first kappa shape index (κ1) is 23.7. The molecule has 3 aromatic carbocycles. The average Bonchev–Trinajstić information content (AvgIpc) is 2.84. The van der Waals surface area contributed by atoms with Crippen LogP contribution >= 0.6 is 0 Å². The van der Waals surface area contributed by atoms with Crippen LogP contribution in [0.1, 0.15) is 47.1 Å². The molecule has 170 valence electrons. The molecule has 0 fully saturated rings. The summed E-state index contributed by atoms with van der Waals surface area (Å²) >= 11 is 0. The summed E-state index contributed by atoms with van der Waals surface area (Å²) in [6.45, 7) is 6.77. The van der Waals surface area contributed by atoms with Crippen molar-refractivity contribution in [2.24, 2.45) is 4.99 Å². The van der Waals surface area contributed by atoms with E-state index in [0.717, 1.165) is 22.8 Å². The van der Waals surface area contributed by atoms with Crippen LogP contribution in [0.5, 0.6) is 0 Å². The molecule has 6 heteroatoms. The van der Waals surface area contributed by atoms with Gasteiger partial charge in [0, 0.05) is 12.2 Å². The Hall–Kier alpha value is -3.93. The van der Waals surface area contributed by atoms with E-state index in [1.165, 1.54) is 0 Å². The molecule has 0 aliphatic rings. The maximum Gasteiger partial charge on any atom is 0.338 e. The van der Waals surface area contributed by atoms with Gasteiger partial charge in [0.1, 0.15) is 5.84 Å². The molecule has 0 aliphatic heterocycles. The van der Waals surface area contributed by atoms with Gasteiger partial charge in [-0.15, -0.1) is 0 Å². The summed E-state index contributed by atoms with van der Waals surface area (Å²) in [6.07, 6.45) is 0. The van der Waals surface area contributed by atoms with Gasteiger partial charge in [0.2, 0.25) is 0 Å². The van der Waals surface area contributed by atoms with Crippen LogP contribution < -0.4 is 4.90 Å². The lowest BCUT2D eigenvalue weighted by Gasteiger charge is -2.25. The van der Waals surface area contributed by atoms with Crippen molar-refractivity contribution in [2.75, 3.05) is 18.1 Å². The van der Waals surface area contributed by atoms with E-state index < -0.39 is 0 Å². The molecule has 0 saturated heterocycles. The quantitative estimate of drug-likeness (QED) is 0.250. The van der Waals surface area contributed by atoms with Gasteiger partial charge in [-0.3, -0.25) is 0 Å². The number of hydrogen-bond acceptors (Lipinski definition) is 5. The molecular weight excluding hydrogens is 416 g/mol. The number of esters is 2. The topological polar surface area (TPSA) is 68.2 Å². The van der Waals surface area contributed by atoms with Crippen molar-refractivity contribution in [1.29, 1.82) is 0 Å². The predicted octanol–water partition coefficient (Wildman–Crippen LogP) is 5.80. The molecule has 0 aliphatic carbocycles. The zero-order valence-electron chi connectivity index (χ0n) is 19.2. The largest absolute Gasteiger partial charge is 0.462 e. The lowest BCUT2D eigenvalue weighted by molar-refractivity contribution is 0.0517. The van der Waals surface area contributed by atoms with E-state index in [-0.39, 0.29) is 11.9 Å². The van der Waals surface area contributed by atoms with Crippen LogP contribution in [0.2, 0.25) is 0 Å². The van der Waals surface area contributed by atoms with Crippen molar-refractivity contribution in [3.05, 3.63) is 95.6 Å². The standard InChI is InChI=1S/C27H28N2O4/c1-4-32-26(30)22-11-15-24(16-12-22)28-20(3)29(19-21-9-7-6-8-10-21)25-17-13-23(14-18-25)27(31)33-5-2/h6-18H,4-5,19H2,1-3H3. The lowest BCUT2D eigenvalue weighted by atomic mass is 10.1. The third-order valence-corrected chi connectivity index (χ3v) is 4.93. The van der Waals surface area contributed by atoms with Gasteiger partial charge in [-0.25, -0.2) is 14.6 Å². The van der Waals surface area contributed by atoms with Gasteiger partial charge >= 0.3 is 11.9 Å². The SMILES string of the molecule is CCOC(=O)c1ccc(N=C(C)N(Cc2ccccc2)c2ccc(C(=O)OCC)cc2)cc1. The Morgan fingerprint density at radius 1 is 0.758 bits per heavy atom. The number of rotatable bonds is 8. The highest BCUT2D eigenvalue weighted by Crippen LogP contribution is 2.22. The van der Waals surface area contributed by atoms with Gasteiger partial charge in [0.05, 0.1) is 30.0 Å². The van der Waals surface area contributed by atoms with Gasteiger partial charge < -0.3 is 14.4 Å². The highest BCUT2D eigenvalue weighted by Gasteiger charge is 2.14. The molecule has 3 rings (SSSR count). The molecule has 0 heterocycles. The van der Waals surface area contributed by atoms with Gasteiger partial charge in [-0.2, -0.15) is 0 Å². The molecule has 0 saturated carbocycles. The van der Waals surface area contributed by atoms with Gasteiger partial charge in [0.15, 0.2) is 0 Å². The third-order valence-electron chi connectivity index (χ3n) is 4.93. The van der Waals surface area contributed by atoms with Gasteiger partial charge in [-0.05, 0) is 74.9 Å². The van der Waals surface area contributed by atoms with Crippen LogP contribution in [0, 0.1) is 0 Å². The Morgan fingerprint density at radius 2 is 1.27 bits per heavy atom. The van der Waals surface area contributed by atoms with E-state index in [1.54, 1.807) is 50.2 Å². The number of ether oxygens (including phenoxy) is 2. The Morgan fingerprint density at radius 3 is 1.79 bits per heavy atom. The number of carbonyl (C=O) groups excluding carboxylic acids is 2. The van der Waals surface area contributed by atoms with Crippen molar-refractivity contribution in [1.82, 2.24) is 0 Å². The van der Waals surface area contributed by atoms with E-state index in [1.807, 2.05) is 37.3 Å². The van der Waals surface area contributed by atoms with Crippen molar-refractivity contribution in [2.45, 2.75) is 27.3 Å². The summed E-state index contributed by atoms with van der Waals surface area (Å²) in [5, 5.41) is 0. The lowest BCUT2D eigenvalue weighted by Crippen LogP contribution is -2.28. The fourth-order valence-corrected chi connectivity index (χ4v) is 3.28. The Labute approximate surface area is 194 Å². The van der Waals surface area contributed by atoms with Crippen LogP contribution in [0.3, 0.4) is 0 Å². The molecule has 33 heavy (non-hydrogen) atoms. The van der Waals surface area contributed by atoms with Crippen molar-refractivity contribution in [3.63, 3.8) is 0 Å². The van der Waals surface area contributed by atoms with Crippen LogP contribution in [-0.2, 0) is 16.0 Å². The Kier molecular flexibility index (Phi) is 8.36. The summed E-state index contributed by atoms with van der Waals surface area (Å²) in [6, 6.07) is 24.4. The van der Waals surface area contributed by atoms with Gasteiger partial charge in [0.25, 0.3) is 0 Å². The first-order valence-electron chi connectivity index (χ1n) is 10.9. The highest BCUT2D eigenvalue weighted by atomic mass is 16.5. The van der Waals surface area contributed by atoms with Crippen LogP contribution in [0.15, 0.2) is 83.9 Å². The number of aliphatic imine (C=N–C) groups is 1. The molecule has 6 nitrogen and oxygen atoms in total. The van der Waals surface area contributed by atoms with E-state index >= 15 is 0 Å². The molecule has 0 amide bonds. The Bertz CT molecular complexity index is 1090. The molecule has 0 N–H and O–H groups in total. The van der Waals surface area contributed by atoms with E-state index in [4.69, 9.17) is 14.5 Å². The maximum absolute atomic E-state index is 12.0. The number of anilines is 1. The van der Waals surface area contributed by atoms with Crippen molar-refractivity contribution >= 4 is 29.1 Å². The number of nitrogens with zero attached hydrogens (tertiary/aromatic N) is 2.